The minimum Gasteiger partial charge on any atom is -0.343 e. The number of benzene rings is 2. The van der Waals surface area contributed by atoms with Crippen molar-refractivity contribution >= 4 is 27.7 Å². The van der Waals surface area contributed by atoms with Gasteiger partial charge in [-0.2, -0.15) is 0 Å². The van der Waals surface area contributed by atoms with E-state index in [9.17, 15) is 9.59 Å². The molecule has 0 heterocycles. The summed E-state index contributed by atoms with van der Waals surface area (Å²) in [6, 6.07) is 16.8. The van der Waals surface area contributed by atoms with Crippen molar-refractivity contribution in [1.29, 1.82) is 0 Å². The van der Waals surface area contributed by atoms with E-state index >= 15 is 0 Å². The van der Waals surface area contributed by atoms with E-state index in [1.54, 1.807) is 29.2 Å². The van der Waals surface area contributed by atoms with E-state index in [-0.39, 0.29) is 18.4 Å². The Labute approximate surface area is 144 Å². The first-order valence-corrected chi connectivity index (χ1v) is 8.25. The smallest absolute Gasteiger partial charge is 0.251 e. The van der Waals surface area contributed by atoms with Gasteiger partial charge in [-0.15, -0.1) is 0 Å². The van der Waals surface area contributed by atoms with Crippen LogP contribution in [-0.2, 0) is 11.3 Å². The van der Waals surface area contributed by atoms with E-state index in [1.165, 1.54) is 0 Å². The third kappa shape index (κ3) is 5.21. The van der Waals surface area contributed by atoms with Gasteiger partial charge < -0.3 is 10.2 Å². The quantitative estimate of drug-likeness (QED) is 0.843. The fraction of sp³-hybridized carbons (Fsp3) is 0.222. The molecule has 23 heavy (non-hydrogen) atoms. The van der Waals surface area contributed by atoms with E-state index in [4.69, 9.17) is 0 Å². The molecule has 4 nitrogen and oxygen atoms in total. The number of amides is 2. The Bertz CT molecular complexity index is 656. The van der Waals surface area contributed by atoms with Crippen molar-refractivity contribution in [3.63, 3.8) is 0 Å². The molecular weight excluding hydrogens is 356 g/mol. The summed E-state index contributed by atoms with van der Waals surface area (Å²) in [5, 5.41) is 2.67. The van der Waals surface area contributed by atoms with E-state index in [0.717, 1.165) is 10.0 Å². The Balaban J connectivity index is 1.89. The molecule has 0 aliphatic heterocycles. The minimum absolute atomic E-state index is 0.00439. The fourth-order valence-corrected chi connectivity index (χ4v) is 2.42. The molecule has 0 aromatic heterocycles. The largest absolute Gasteiger partial charge is 0.343 e. The maximum absolute atomic E-state index is 12.3. The Morgan fingerprint density at radius 1 is 1.04 bits per heavy atom. The molecule has 2 aromatic carbocycles. The zero-order valence-corrected chi connectivity index (χ0v) is 14.5. The van der Waals surface area contributed by atoms with Crippen LogP contribution in [0.2, 0.25) is 0 Å². The van der Waals surface area contributed by atoms with Gasteiger partial charge in [0, 0.05) is 23.1 Å². The van der Waals surface area contributed by atoms with Crippen LogP contribution in [0.25, 0.3) is 0 Å². The second-order valence-corrected chi connectivity index (χ2v) is 6.00. The lowest BCUT2D eigenvalue weighted by atomic mass is 10.2. The Morgan fingerprint density at radius 3 is 2.30 bits per heavy atom. The molecule has 0 saturated carbocycles. The van der Waals surface area contributed by atoms with Crippen molar-refractivity contribution in [2.24, 2.45) is 0 Å². The van der Waals surface area contributed by atoms with Crippen molar-refractivity contribution in [2.75, 3.05) is 13.1 Å². The normalized spacial score (nSPS) is 10.2. The summed E-state index contributed by atoms with van der Waals surface area (Å²) >= 11 is 3.32. The molecule has 0 bridgehead atoms. The van der Waals surface area contributed by atoms with Crippen LogP contribution >= 0.6 is 15.9 Å². The van der Waals surface area contributed by atoms with Gasteiger partial charge in [-0.1, -0.05) is 46.3 Å². The zero-order chi connectivity index (χ0) is 16.7. The van der Waals surface area contributed by atoms with Crippen molar-refractivity contribution < 1.29 is 9.59 Å². The minimum atomic E-state index is -0.249. The Morgan fingerprint density at radius 2 is 1.70 bits per heavy atom. The van der Waals surface area contributed by atoms with Crippen LogP contribution in [0.5, 0.6) is 0 Å². The number of nitrogens with zero attached hydrogens (tertiary/aromatic N) is 1. The van der Waals surface area contributed by atoms with Gasteiger partial charge in [0.25, 0.3) is 5.91 Å². The molecular formula is C18H19BrN2O2. The van der Waals surface area contributed by atoms with Gasteiger partial charge in [0.15, 0.2) is 0 Å². The second kappa shape index (κ2) is 8.48. The molecule has 0 aliphatic carbocycles. The number of carbonyl (C=O) groups is 2. The van der Waals surface area contributed by atoms with Crippen LogP contribution < -0.4 is 5.32 Å². The average Bonchev–Trinajstić information content (AvgIpc) is 2.58. The van der Waals surface area contributed by atoms with Gasteiger partial charge in [-0.25, -0.2) is 0 Å². The van der Waals surface area contributed by atoms with Gasteiger partial charge in [-0.3, -0.25) is 9.59 Å². The van der Waals surface area contributed by atoms with Crippen LogP contribution in [0.3, 0.4) is 0 Å². The van der Waals surface area contributed by atoms with Gasteiger partial charge in [0.1, 0.15) is 0 Å². The third-order valence-electron chi connectivity index (χ3n) is 3.46. The summed E-state index contributed by atoms with van der Waals surface area (Å²) in [7, 11) is 0. The zero-order valence-electron chi connectivity index (χ0n) is 13.0. The third-order valence-corrected chi connectivity index (χ3v) is 3.99. The van der Waals surface area contributed by atoms with E-state index in [1.807, 2.05) is 37.3 Å². The fourth-order valence-electron chi connectivity index (χ4n) is 2.15. The molecule has 120 valence electrons. The molecule has 2 amide bonds. The predicted octanol–water partition coefficient (Wildman–Crippen LogP) is 3.23. The van der Waals surface area contributed by atoms with Gasteiger partial charge in [0.05, 0.1) is 6.54 Å². The van der Waals surface area contributed by atoms with Crippen molar-refractivity contribution in [2.45, 2.75) is 13.5 Å². The lowest BCUT2D eigenvalue weighted by Gasteiger charge is -2.21. The molecule has 2 rings (SSSR count). The highest BCUT2D eigenvalue weighted by molar-refractivity contribution is 9.10. The predicted molar refractivity (Wildman–Crippen MR) is 94.0 cm³/mol. The first kappa shape index (κ1) is 17.2. The van der Waals surface area contributed by atoms with Crippen LogP contribution in [0.4, 0.5) is 0 Å². The molecule has 0 fully saturated rings. The molecule has 0 radical (unpaired) electrons. The first-order valence-electron chi connectivity index (χ1n) is 7.45. The van der Waals surface area contributed by atoms with Gasteiger partial charge in [0.2, 0.25) is 5.91 Å². The summed E-state index contributed by atoms with van der Waals surface area (Å²) in [4.78, 5) is 26.0. The number of rotatable bonds is 6. The Kier molecular flexibility index (Phi) is 6.35. The molecule has 0 spiro atoms. The summed E-state index contributed by atoms with van der Waals surface area (Å²) in [5.41, 5.74) is 1.61. The van der Waals surface area contributed by atoms with Crippen molar-refractivity contribution in [3.05, 3.63) is 70.2 Å². The Hall–Kier alpha value is -2.14. The summed E-state index contributed by atoms with van der Waals surface area (Å²) in [6.07, 6.45) is 0. The standard InChI is InChI=1S/C18H19BrN2O2/c1-2-21(13-14-6-4-3-5-7-14)17(22)12-20-18(23)15-8-10-16(19)11-9-15/h3-11H,2,12-13H2,1H3,(H,20,23). The van der Waals surface area contributed by atoms with Crippen molar-refractivity contribution in [3.8, 4) is 0 Å². The number of hydrogen-bond donors (Lipinski definition) is 1. The number of nitrogens with one attached hydrogen (secondary N) is 1. The SMILES string of the molecule is CCN(Cc1ccccc1)C(=O)CNC(=O)c1ccc(Br)cc1. The summed E-state index contributed by atoms with van der Waals surface area (Å²) in [6.45, 7) is 3.07. The topological polar surface area (TPSA) is 49.4 Å². The van der Waals surface area contributed by atoms with Crippen LogP contribution in [0.1, 0.15) is 22.8 Å². The van der Waals surface area contributed by atoms with Crippen LogP contribution in [0, 0.1) is 0 Å². The lowest BCUT2D eigenvalue weighted by molar-refractivity contribution is -0.130. The first-order chi connectivity index (χ1) is 11.1. The monoisotopic (exact) mass is 374 g/mol. The molecule has 0 unspecified atom stereocenters. The average molecular weight is 375 g/mol. The molecule has 0 atom stereocenters. The highest BCUT2D eigenvalue weighted by Gasteiger charge is 2.14. The molecule has 1 N–H and O–H groups in total. The molecule has 5 heteroatoms. The summed E-state index contributed by atoms with van der Waals surface area (Å²) < 4.78 is 0.908. The molecule has 0 aliphatic rings. The second-order valence-electron chi connectivity index (χ2n) is 5.08. The molecule has 2 aromatic rings. The number of carbonyl (C=O) groups excluding carboxylic acids is 2. The number of hydrogen-bond acceptors (Lipinski definition) is 2. The van der Waals surface area contributed by atoms with Gasteiger partial charge >= 0.3 is 0 Å². The van der Waals surface area contributed by atoms with E-state index in [0.29, 0.717) is 18.7 Å². The maximum Gasteiger partial charge on any atom is 0.251 e. The van der Waals surface area contributed by atoms with Gasteiger partial charge in [-0.05, 0) is 36.8 Å². The van der Waals surface area contributed by atoms with Crippen LogP contribution in [-0.4, -0.2) is 29.8 Å². The maximum atomic E-state index is 12.3. The number of halogens is 1. The highest BCUT2D eigenvalue weighted by Crippen LogP contribution is 2.10. The van der Waals surface area contributed by atoms with E-state index in [2.05, 4.69) is 21.2 Å². The summed E-state index contributed by atoms with van der Waals surface area (Å²) in [5.74, 6) is -0.344. The molecule has 0 saturated heterocycles. The highest BCUT2D eigenvalue weighted by atomic mass is 79.9. The number of likely N-dealkylation sites (N-methyl/N-ethyl adjacent to an activating group) is 1. The van der Waals surface area contributed by atoms with E-state index < -0.39 is 0 Å². The van der Waals surface area contributed by atoms with Crippen molar-refractivity contribution in [1.82, 2.24) is 10.2 Å². The lowest BCUT2D eigenvalue weighted by Crippen LogP contribution is -2.39. The van der Waals surface area contributed by atoms with Crippen LogP contribution in [0.15, 0.2) is 59.1 Å².